The first kappa shape index (κ1) is 21.4. The van der Waals surface area contributed by atoms with Crippen LogP contribution in [0.4, 0.5) is 0 Å². The molecule has 2 N–H and O–H groups in total. The molecule has 0 aliphatic heterocycles. The largest absolute Gasteiger partial charge is 0.357 e. The van der Waals surface area contributed by atoms with Gasteiger partial charge in [-0.1, -0.05) is 20.8 Å². The Kier molecular flexibility index (Phi) is 8.89. The Labute approximate surface area is 156 Å². The Bertz CT molecular complexity index is 558. The van der Waals surface area contributed by atoms with E-state index in [1.807, 2.05) is 25.7 Å². The molecule has 0 atom stereocenters. The molecule has 0 saturated heterocycles. The fourth-order valence-corrected chi connectivity index (χ4v) is 3.18. The van der Waals surface area contributed by atoms with E-state index < -0.39 is 0 Å². The molecule has 7 heteroatoms. The van der Waals surface area contributed by atoms with Gasteiger partial charge in [0.05, 0.1) is 12.2 Å². The first-order chi connectivity index (χ1) is 11.8. The molecular weight excluding hydrogens is 334 g/mol. The average Bonchev–Trinajstić information content (AvgIpc) is 3.03. The molecule has 0 radical (unpaired) electrons. The second-order valence-electron chi connectivity index (χ2n) is 6.81. The van der Waals surface area contributed by atoms with Crippen LogP contribution < -0.4 is 10.6 Å². The summed E-state index contributed by atoms with van der Waals surface area (Å²) < 4.78 is 0. The van der Waals surface area contributed by atoms with E-state index in [9.17, 15) is 4.79 Å². The van der Waals surface area contributed by atoms with Crippen molar-refractivity contribution in [1.82, 2.24) is 20.5 Å². The van der Waals surface area contributed by atoms with Crippen molar-refractivity contribution in [3.8, 4) is 0 Å². The summed E-state index contributed by atoms with van der Waals surface area (Å²) in [5, 5.41) is 9.55. The topological polar surface area (TPSA) is 69.6 Å². The summed E-state index contributed by atoms with van der Waals surface area (Å²) in [6, 6.07) is 0. The molecule has 0 aromatic carbocycles. The molecule has 1 heterocycles. The molecule has 0 spiro atoms. The molecule has 1 aromatic heterocycles. The van der Waals surface area contributed by atoms with Crippen LogP contribution in [-0.2, 0) is 16.8 Å². The number of nitrogens with zero attached hydrogens (tertiary/aromatic N) is 3. The third-order valence-electron chi connectivity index (χ3n) is 3.78. The van der Waals surface area contributed by atoms with Crippen molar-refractivity contribution in [2.24, 2.45) is 4.99 Å². The van der Waals surface area contributed by atoms with E-state index in [1.165, 1.54) is 0 Å². The van der Waals surface area contributed by atoms with Gasteiger partial charge in [0.25, 0.3) is 0 Å². The molecule has 1 amide bonds. The standard InChI is InChI=1S/C18H33N5OS/c1-7-19-17(20-11-10-16(24)23(8-2)9-3)21-12-15-22-14(13-25-15)18(4,5)6/h13H,7-12H2,1-6H3,(H2,19,20,21). The van der Waals surface area contributed by atoms with Crippen LogP contribution in [0, 0.1) is 0 Å². The summed E-state index contributed by atoms with van der Waals surface area (Å²) in [6.07, 6.45) is 0.470. The molecule has 0 aliphatic rings. The SMILES string of the molecule is CCNC(=NCc1nc(C(C)(C)C)cs1)NCCC(=O)N(CC)CC. The molecule has 1 aromatic rings. The fraction of sp³-hybridized carbons (Fsp3) is 0.722. The zero-order valence-corrected chi connectivity index (χ0v) is 17.3. The van der Waals surface area contributed by atoms with Gasteiger partial charge in [0, 0.05) is 43.4 Å². The number of hydrogen-bond donors (Lipinski definition) is 2. The summed E-state index contributed by atoms with van der Waals surface area (Å²) in [7, 11) is 0. The van der Waals surface area contributed by atoms with Crippen LogP contribution in [0.2, 0.25) is 0 Å². The lowest BCUT2D eigenvalue weighted by atomic mass is 9.93. The maximum atomic E-state index is 12.0. The number of thiazole rings is 1. The number of carbonyl (C=O) groups excluding carboxylic acids is 1. The lowest BCUT2D eigenvalue weighted by molar-refractivity contribution is -0.130. The predicted molar refractivity (Wildman–Crippen MR) is 106 cm³/mol. The summed E-state index contributed by atoms with van der Waals surface area (Å²) in [4.78, 5) is 23.1. The molecule has 0 bridgehead atoms. The molecule has 0 saturated carbocycles. The number of hydrogen-bond acceptors (Lipinski definition) is 4. The van der Waals surface area contributed by atoms with E-state index in [2.05, 4.69) is 46.8 Å². The van der Waals surface area contributed by atoms with Crippen LogP contribution in [0.15, 0.2) is 10.4 Å². The van der Waals surface area contributed by atoms with Gasteiger partial charge in [-0.2, -0.15) is 0 Å². The van der Waals surface area contributed by atoms with Crippen LogP contribution >= 0.6 is 11.3 Å². The minimum atomic E-state index is 0.0615. The zero-order valence-electron chi connectivity index (χ0n) is 16.5. The number of rotatable bonds is 8. The highest BCUT2D eigenvalue weighted by atomic mass is 32.1. The maximum absolute atomic E-state index is 12.0. The maximum Gasteiger partial charge on any atom is 0.224 e. The molecule has 142 valence electrons. The summed E-state index contributed by atoms with van der Waals surface area (Å²) in [5.74, 6) is 0.894. The highest BCUT2D eigenvalue weighted by Crippen LogP contribution is 2.24. The Morgan fingerprint density at radius 3 is 2.44 bits per heavy atom. The van der Waals surface area contributed by atoms with Crippen LogP contribution in [0.1, 0.15) is 58.7 Å². The monoisotopic (exact) mass is 367 g/mol. The predicted octanol–water partition coefficient (Wildman–Crippen LogP) is 2.75. The van der Waals surface area contributed by atoms with Crippen LogP contribution in [-0.4, -0.2) is 47.9 Å². The van der Waals surface area contributed by atoms with Crippen LogP contribution in [0.3, 0.4) is 0 Å². The molecule has 1 rings (SSSR count). The van der Waals surface area contributed by atoms with E-state index in [-0.39, 0.29) is 11.3 Å². The van der Waals surface area contributed by atoms with E-state index >= 15 is 0 Å². The average molecular weight is 368 g/mol. The lowest BCUT2D eigenvalue weighted by Crippen LogP contribution is -2.40. The van der Waals surface area contributed by atoms with Crippen LogP contribution in [0.5, 0.6) is 0 Å². The molecular formula is C18H33N5OS. The number of aromatic nitrogens is 1. The highest BCUT2D eigenvalue weighted by molar-refractivity contribution is 7.09. The number of amides is 1. The van der Waals surface area contributed by atoms with E-state index in [1.54, 1.807) is 11.3 Å². The van der Waals surface area contributed by atoms with Gasteiger partial charge >= 0.3 is 0 Å². The highest BCUT2D eigenvalue weighted by Gasteiger charge is 2.17. The van der Waals surface area contributed by atoms with E-state index in [4.69, 9.17) is 0 Å². The van der Waals surface area contributed by atoms with Gasteiger partial charge in [0.1, 0.15) is 5.01 Å². The summed E-state index contributed by atoms with van der Waals surface area (Å²) in [5.41, 5.74) is 1.16. The molecule has 0 fully saturated rings. The third kappa shape index (κ3) is 7.42. The zero-order chi connectivity index (χ0) is 18.9. The molecule has 6 nitrogen and oxygen atoms in total. The normalized spacial score (nSPS) is 12.2. The van der Waals surface area contributed by atoms with Crippen molar-refractivity contribution >= 4 is 23.2 Å². The van der Waals surface area contributed by atoms with E-state index in [0.717, 1.165) is 36.3 Å². The number of aliphatic imine (C=N–C) groups is 1. The van der Waals surface area contributed by atoms with Gasteiger partial charge in [-0.3, -0.25) is 4.79 Å². The van der Waals surface area contributed by atoms with E-state index in [0.29, 0.717) is 19.5 Å². The molecule has 0 unspecified atom stereocenters. The van der Waals surface area contributed by atoms with Gasteiger partial charge < -0.3 is 15.5 Å². The first-order valence-electron chi connectivity index (χ1n) is 9.06. The minimum Gasteiger partial charge on any atom is -0.357 e. The Hall–Kier alpha value is -1.63. The summed E-state index contributed by atoms with van der Waals surface area (Å²) in [6.45, 7) is 15.9. The molecule has 25 heavy (non-hydrogen) atoms. The van der Waals surface area contributed by atoms with Crippen molar-refractivity contribution in [1.29, 1.82) is 0 Å². The van der Waals surface area contributed by atoms with Crippen molar-refractivity contribution in [2.75, 3.05) is 26.2 Å². The fourth-order valence-electron chi connectivity index (χ4n) is 2.24. The summed E-state index contributed by atoms with van der Waals surface area (Å²) >= 11 is 1.64. The smallest absolute Gasteiger partial charge is 0.224 e. The number of guanidine groups is 1. The van der Waals surface area contributed by atoms with Gasteiger partial charge in [-0.05, 0) is 20.8 Å². The second-order valence-corrected chi connectivity index (χ2v) is 7.76. The van der Waals surface area contributed by atoms with Gasteiger partial charge in [-0.25, -0.2) is 9.98 Å². The quantitative estimate of drug-likeness (QED) is 0.547. The Balaban J connectivity index is 2.56. The minimum absolute atomic E-state index is 0.0615. The third-order valence-corrected chi connectivity index (χ3v) is 4.62. The number of nitrogens with one attached hydrogen (secondary N) is 2. The van der Waals surface area contributed by atoms with Gasteiger partial charge in [0.15, 0.2) is 5.96 Å². The lowest BCUT2D eigenvalue weighted by Gasteiger charge is -2.19. The van der Waals surface area contributed by atoms with Crippen LogP contribution in [0.25, 0.3) is 0 Å². The molecule has 0 aliphatic carbocycles. The first-order valence-corrected chi connectivity index (χ1v) is 9.94. The van der Waals surface area contributed by atoms with Gasteiger partial charge in [0.2, 0.25) is 5.91 Å². The van der Waals surface area contributed by atoms with Crippen molar-refractivity contribution in [3.63, 3.8) is 0 Å². The van der Waals surface area contributed by atoms with Crippen molar-refractivity contribution < 1.29 is 4.79 Å². The Morgan fingerprint density at radius 1 is 1.24 bits per heavy atom. The van der Waals surface area contributed by atoms with Crippen molar-refractivity contribution in [3.05, 3.63) is 16.1 Å². The van der Waals surface area contributed by atoms with Crippen molar-refractivity contribution in [2.45, 2.75) is 59.9 Å². The van der Waals surface area contributed by atoms with Gasteiger partial charge in [-0.15, -0.1) is 11.3 Å². The number of carbonyl (C=O) groups is 1. The Morgan fingerprint density at radius 2 is 1.92 bits per heavy atom. The second kappa shape index (κ2) is 10.4.